The van der Waals surface area contributed by atoms with E-state index >= 15 is 0 Å². The van der Waals surface area contributed by atoms with Crippen LogP contribution in [-0.2, 0) is 4.79 Å². The fraction of sp³-hybridized carbons (Fsp3) is 0.615. The predicted molar refractivity (Wildman–Crippen MR) is 85.4 cm³/mol. The fourth-order valence-corrected chi connectivity index (χ4v) is 19.2. The van der Waals surface area contributed by atoms with Gasteiger partial charge in [0, 0.05) is 4.88 Å². The molecule has 1 aromatic rings. The normalized spacial score (nSPS) is 32.9. The molecule has 0 saturated carbocycles. The Balaban J connectivity index is 1.93. The number of carbonyl (C=O) groups excluding carboxylic acids is 1. The molecule has 1 N–H and O–H groups in total. The van der Waals surface area contributed by atoms with E-state index in [9.17, 15) is 4.79 Å². The molecule has 0 spiro atoms. The lowest BCUT2D eigenvalue weighted by molar-refractivity contribution is -0.133. The van der Waals surface area contributed by atoms with Crippen molar-refractivity contribution in [3.05, 3.63) is 22.4 Å². The third-order valence-corrected chi connectivity index (χ3v) is 15.9. The zero-order valence-electron chi connectivity index (χ0n) is 12.1. The second-order valence-electron chi connectivity index (χ2n) is 6.94. The van der Waals surface area contributed by atoms with E-state index in [0.717, 1.165) is 0 Å². The summed E-state index contributed by atoms with van der Waals surface area (Å²) in [5.41, 5.74) is 0. The van der Waals surface area contributed by atoms with Gasteiger partial charge < -0.3 is 9.55 Å². The Morgan fingerprint density at radius 1 is 1.26 bits per heavy atom. The minimum Gasteiger partial charge on any atom is -0.345 e. The van der Waals surface area contributed by atoms with E-state index < -0.39 is 16.5 Å². The second-order valence-corrected chi connectivity index (χ2v) is 17.6. The van der Waals surface area contributed by atoms with Gasteiger partial charge in [-0.15, -0.1) is 11.3 Å². The van der Waals surface area contributed by atoms with Crippen LogP contribution in [0, 0.1) is 0 Å². The molecule has 3 heterocycles. The van der Waals surface area contributed by atoms with Gasteiger partial charge in [-0.3, -0.25) is 4.79 Å². The zero-order chi connectivity index (χ0) is 13.8. The van der Waals surface area contributed by atoms with Crippen LogP contribution in [0.5, 0.6) is 0 Å². The largest absolute Gasteiger partial charge is 0.345 e. The molecule has 2 aliphatic rings. The lowest BCUT2D eigenvalue weighted by Crippen LogP contribution is -2.72. The Hall–Kier alpha value is -0.436. The smallest absolute Gasteiger partial charge is 0.239 e. The molecular formula is C13H22N2OSSi2. The van der Waals surface area contributed by atoms with E-state index in [-0.39, 0.29) is 18.0 Å². The Morgan fingerprint density at radius 3 is 2.37 bits per heavy atom. The fourth-order valence-electron chi connectivity index (χ4n) is 3.76. The summed E-state index contributed by atoms with van der Waals surface area (Å²) in [5.74, 6) is 0.251. The van der Waals surface area contributed by atoms with Gasteiger partial charge in [-0.2, -0.15) is 0 Å². The number of thiophene rings is 1. The highest BCUT2D eigenvalue weighted by atomic mass is 32.1. The second kappa shape index (κ2) is 4.28. The summed E-state index contributed by atoms with van der Waals surface area (Å²) in [7, 11) is -2.79. The highest BCUT2D eigenvalue weighted by Crippen LogP contribution is 2.44. The number of amides is 1. The first-order chi connectivity index (χ1) is 8.83. The van der Waals surface area contributed by atoms with Crippen LogP contribution in [0.4, 0.5) is 0 Å². The van der Waals surface area contributed by atoms with Gasteiger partial charge in [-0.1, -0.05) is 32.3 Å². The van der Waals surface area contributed by atoms with Crippen LogP contribution in [-0.4, -0.2) is 32.7 Å². The lowest BCUT2D eigenvalue weighted by atomic mass is 9.99. The lowest BCUT2D eigenvalue weighted by Gasteiger charge is -2.51. The van der Waals surface area contributed by atoms with Crippen LogP contribution in [0.15, 0.2) is 17.5 Å². The van der Waals surface area contributed by atoms with E-state index in [4.69, 9.17) is 0 Å². The van der Waals surface area contributed by atoms with Crippen LogP contribution in [0.2, 0.25) is 38.3 Å². The predicted octanol–water partition coefficient (Wildman–Crippen LogP) is 3.01. The molecule has 0 aromatic carbocycles. The maximum Gasteiger partial charge on any atom is 0.239 e. The molecule has 3 rings (SSSR count). The molecule has 6 heteroatoms. The van der Waals surface area contributed by atoms with Gasteiger partial charge in [0.05, 0.1) is 6.04 Å². The average Bonchev–Trinajstić information content (AvgIpc) is 2.89. The molecule has 2 atom stereocenters. The number of carbonyl (C=O) groups is 1. The minimum absolute atomic E-state index is 0.115. The summed E-state index contributed by atoms with van der Waals surface area (Å²) < 4.78 is 2.73. The molecule has 2 aliphatic heterocycles. The van der Waals surface area contributed by atoms with Crippen molar-refractivity contribution in [2.75, 3.05) is 0 Å². The van der Waals surface area contributed by atoms with Crippen LogP contribution < -0.4 is 5.32 Å². The van der Waals surface area contributed by atoms with Gasteiger partial charge in [-0.05, 0) is 23.5 Å². The van der Waals surface area contributed by atoms with Crippen LogP contribution >= 0.6 is 11.3 Å². The van der Waals surface area contributed by atoms with Crippen LogP contribution in [0.3, 0.4) is 0 Å². The molecule has 0 radical (unpaired) electrons. The monoisotopic (exact) mass is 310 g/mol. The van der Waals surface area contributed by atoms with Gasteiger partial charge in [0.15, 0.2) is 0 Å². The summed E-state index contributed by atoms with van der Waals surface area (Å²) in [5, 5.41) is 5.23. The Kier molecular flexibility index (Phi) is 3.05. The molecule has 2 fully saturated rings. The average molecular weight is 311 g/mol. The number of rotatable bonds is 2. The van der Waals surface area contributed by atoms with E-state index in [1.54, 1.807) is 11.3 Å². The van der Waals surface area contributed by atoms with Gasteiger partial charge in [0.25, 0.3) is 0 Å². The van der Waals surface area contributed by atoms with Crippen molar-refractivity contribution in [3.8, 4) is 0 Å². The maximum absolute atomic E-state index is 12.2. The van der Waals surface area contributed by atoms with Crippen molar-refractivity contribution in [3.63, 3.8) is 0 Å². The van der Waals surface area contributed by atoms with Crippen molar-refractivity contribution in [1.82, 2.24) is 9.55 Å². The number of hydrogen-bond acceptors (Lipinski definition) is 3. The van der Waals surface area contributed by atoms with Gasteiger partial charge in [0.2, 0.25) is 5.91 Å². The molecule has 1 amide bonds. The van der Waals surface area contributed by atoms with E-state index in [2.05, 4.69) is 53.2 Å². The molecular weight excluding hydrogens is 288 g/mol. The number of nitrogens with zero attached hydrogens (tertiary/aromatic N) is 1. The molecule has 1 aromatic heterocycles. The zero-order valence-corrected chi connectivity index (χ0v) is 14.9. The summed E-state index contributed by atoms with van der Waals surface area (Å²) >= 11 is 1.76. The number of nitrogens with one attached hydrogen (secondary N) is 1. The van der Waals surface area contributed by atoms with E-state index in [1.165, 1.54) is 17.0 Å². The Labute approximate surface area is 121 Å². The first-order valence-electron chi connectivity index (χ1n) is 6.96. The third kappa shape index (κ3) is 2.05. The molecule has 2 saturated heterocycles. The molecule has 0 unspecified atom stereocenters. The summed E-state index contributed by atoms with van der Waals surface area (Å²) in [6, 6.07) is 7.30. The maximum atomic E-state index is 12.2. The first kappa shape index (κ1) is 13.5. The van der Waals surface area contributed by atoms with Crippen molar-refractivity contribution >= 4 is 33.7 Å². The van der Waals surface area contributed by atoms with E-state index in [0.29, 0.717) is 0 Å². The van der Waals surface area contributed by atoms with Crippen LogP contribution in [0.1, 0.15) is 10.9 Å². The molecule has 0 aliphatic carbocycles. The third-order valence-electron chi connectivity index (χ3n) is 4.66. The minimum atomic E-state index is -1.40. The molecule has 3 nitrogen and oxygen atoms in total. The quantitative estimate of drug-likeness (QED) is 0.673. The van der Waals surface area contributed by atoms with Crippen molar-refractivity contribution in [1.29, 1.82) is 0 Å². The number of hydrogen-bond donors (Lipinski definition) is 1. The molecule has 104 valence electrons. The van der Waals surface area contributed by atoms with Crippen molar-refractivity contribution < 1.29 is 4.79 Å². The highest BCUT2D eigenvalue weighted by molar-refractivity contribution is 7.10. The summed E-state index contributed by atoms with van der Waals surface area (Å²) in [6.07, 6.45) is 0. The topological polar surface area (TPSA) is 32.3 Å². The summed E-state index contributed by atoms with van der Waals surface area (Å²) in [4.78, 5) is 13.5. The van der Waals surface area contributed by atoms with Crippen molar-refractivity contribution in [2.45, 2.75) is 50.4 Å². The highest BCUT2D eigenvalue weighted by Gasteiger charge is 2.57. The Bertz CT molecular complexity index is 485. The van der Waals surface area contributed by atoms with Gasteiger partial charge in [-0.25, -0.2) is 0 Å². The van der Waals surface area contributed by atoms with Gasteiger partial charge in [0.1, 0.15) is 22.5 Å². The first-order valence-corrected chi connectivity index (χ1v) is 14.1. The van der Waals surface area contributed by atoms with Crippen molar-refractivity contribution in [2.24, 2.45) is 0 Å². The van der Waals surface area contributed by atoms with Gasteiger partial charge >= 0.3 is 0 Å². The molecule has 0 bridgehead atoms. The van der Waals surface area contributed by atoms with E-state index in [1.807, 2.05) is 0 Å². The summed E-state index contributed by atoms with van der Waals surface area (Å²) in [6.45, 7) is 9.75. The number of β-lactam (4-membered cyclic amide) rings is 1. The Morgan fingerprint density at radius 2 is 1.89 bits per heavy atom. The molecule has 19 heavy (non-hydrogen) atoms. The standard InChI is InChI=1S/C13H22N2OSSi2/c1-18(2)8-9-19(3,4)15(18)12-11(14-13(12)16)10-6-5-7-17-10/h5-7,11-12H,8-9H2,1-4H3,(H,14,16)/t11-,12+/m0/s1. The van der Waals surface area contributed by atoms with Crippen LogP contribution in [0.25, 0.3) is 0 Å². The SMILES string of the molecule is C[Si]1(C)CC[Si](C)(C)N1[C@H]1C(=O)N[C@H]1c1cccs1.